The van der Waals surface area contributed by atoms with E-state index in [0.29, 0.717) is 0 Å². The summed E-state index contributed by atoms with van der Waals surface area (Å²) in [6.45, 7) is 1.06. The van der Waals surface area contributed by atoms with Crippen molar-refractivity contribution in [2.75, 3.05) is 30.9 Å². The first-order chi connectivity index (χ1) is 13.2. The number of aryl methyl sites for hydroxylation is 1. The summed E-state index contributed by atoms with van der Waals surface area (Å²) in [5, 5.41) is 0. The van der Waals surface area contributed by atoms with E-state index in [-0.39, 0.29) is 24.1 Å². The summed E-state index contributed by atoms with van der Waals surface area (Å²) < 4.78 is 5.10. The first-order valence-electron chi connectivity index (χ1n) is 8.83. The second kappa shape index (κ2) is 9.32. The van der Waals surface area contributed by atoms with Gasteiger partial charge in [-0.3, -0.25) is 20.4 Å². The lowest BCUT2D eigenvalue weighted by Gasteiger charge is -2.30. The van der Waals surface area contributed by atoms with Crippen LogP contribution in [0.15, 0.2) is 53.4 Å². The van der Waals surface area contributed by atoms with Crippen LogP contribution in [-0.2, 0) is 16.0 Å². The van der Waals surface area contributed by atoms with E-state index in [1.807, 2.05) is 47.4 Å². The Morgan fingerprint density at radius 1 is 1.07 bits per heavy atom. The molecule has 142 valence electrons. The largest absolute Gasteiger partial charge is 0.497 e. The number of nitrogens with zero attached hydrogens (tertiary/aromatic N) is 1. The number of hydrogen-bond donors (Lipinski definition) is 2. The fourth-order valence-electron chi connectivity index (χ4n) is 2.98. The van der Waals surface area contributed by atoms with Gasteiger partial charge in [0.05, 0.1) is 19.4 Å². The molecule has 1 aliphatic rings. The van der Waals surface area contributed by atoms with Gasteiger partial charge >= 0.3 is 0 Å². The summed E-state index contributed by atoms with van der Waals surface area (Å²) in [4.78, 5) is 27.1. The molecule has 0 radical (unpaired) electrons. The van der Waals surface area contributed by atoms with Crippen molar-refractivity contribution in [3.63, 3.8) is 0 Å². The molecule has 0 atom stereocenters. The quantitative estimate of drug-likeness (QED) is 0.590. The molecule has 0 unspecified atom stereocenters. The molecule has 0 spiro atoms. The van der Waals surface area contributed by atoms with Crippen molar-refractivity contribution in [1.29, 1.82) is 0 Å². The Balaban J connectivity index is 1.42. The molecule has 0 bridgehead atoms. The van der Waals surface area contributed by atoms with E-state index < -0.39 is 0 Å². The Kier molecular flexibility index (Phi) is 6.59. The molecule has 0 aliphatic carbocycles. The second-order valence-corrected chi connectivity index (χ2v) is 7.26. The number of para-hydroxylation sites is 1. The lowest BCUT2D eigenvalue weighted by molar-refractivity contribution is -0.126. The van der Waals surface area contributed by atoms with Gasteiger partial charge in [0.2, 0.25) is 5.91 Å². The van der Waals surface area contributed by atoms with E-state index in [2.05, 4.69) is 16.9 Å². The molecule has 2 N–H and O–H groups in total. The Bertz CT molecular complexity index is 795. The van der Waals surface area contributed by atoms with Crippen molar-refractivity contribution in [3.05, 3.63) is 54.1 Å². The maximum absolute atomic E-state index is 12.2. The second-order valence-electron chi connectivity index (χ2n) is 6.21. The Morgan fingerprint density at radius 2 is 1.81 bits per heavy atom. The number of fused-ring (bicyclic) bond motifs is 1. The Morgan fingerprint density at radius 3 is 2.59 bits per heavy atom. The SMILES string of the molecule is COc1ccc(SCC(=O)NNC(=O)CN2CCCc3ccccc32)cc1. The number of amides is 2. The average molecular weight is 385 g/mol. The minimum absolute atomic E-state index is 0.221. The Hall–Kier alpha value is -2.67. The summed E-state index contributed by atoms with van der Waals surface area (Å²) in [6.07, 6.45) is 2.06. The standard InChI is InChI=1S/C20H23N3O3S/c1-26-16-8-10-17(11-9-16)27-14-20(25)22-21-19(24)13-23-12-4-6-15-5-2-3-7-18(15)23/h2-3,5,7-11H,4,6,12-14H2,1H3,(H,21,24)(H,22,25). The predicted octanol–water partition coefficient (Wildman–Crippen LogP) is 2.39. The van der Waals surface area contributed by atoms with Crippen molar-refractivity contribution >= 4 is 29.3 Å². The zero-order chi connectivity index (χ0) is 19.1. The van der Waals surface area contributed by atoms with Gasteiger partial charge < -0.3 is 9.64 Å². The summed E-state index contributed by atoms with van der Waals surface area (Å²) in [6, 6.07) is 15.6. The highest BCUT2D eigenvalue weighted by atomic mass is 32.2. The summed E-state index contributed by atoms with van der Waals surface area (Å²) >= 11 is 1.40. The number of nitrogens with one attached hydrogen (secondary N) is 2. The number of carbonyl (C=O) groups is 2. The number of anilines is 1. The normalized spacial score (nSPS) is 12.9. The van der Waals surface area contributed by atoms with Crippen LogP contribution in [0.3, 0.4) is 0 Å². The summed E-state index contributed by atoms with van der Waals surface area (Å²) in [5.74, 6) is 0.521. The van der Waals surface area contributed by atoms with E-state index in [9.17, 15) is 9.59 Å². The zero-order valence-electron chi connectivity index (χ0n) is 15.2. The van der Waals surface area contributed by atoms with Crippen LogP contribution in [0.1, 0.15) is 12.0 Å². The fraction of sp³-hybridized carbons (Fsp3) is 0.300. The van der Waals surface area contributed by atoms with Gasteiger partial charge in [0.15, 0.2) is 0 Å². The van der Waals surface area contributed by atoms with Crippen LogP contribution >= 0.6 is 11.8 Å². The van der Waals surface area contributed by atoms with Crippen LogP contribution in [0.2, 0.25) is 0 Å². The van der Waals surface area contributed by atoms with Crippen LogP contribution in [-0.4, -0.2) is 37.8 Å². The topological polar surface area (TPSA) is 70.7 Å². The molecule has 0 aromatic heterocycles. The van der Waals surface area contributed by atoms with Crippen LogP contribution in [0.4, 0.5) is 5.69 Å². The number of benzene rings is 2. The first-order valence-corrected chi connectivity index (χ1v) is 9.81. The van der Waals surface area contributed by atoms with Gasteiger partial charge in [-0.25, -0.2) is 0 Å². The highest BCUT2D eigenvalue weighted by Crippen LogP contribution is 2.26. The molecule has 2 amide bonds. The van der Waals surface area contributed by atoms with Gasteiger partial charge in [-0.15, -0.1) is 11.8 Å². The fourth-order valence-corrected chi connectivity index (χ4v) is 3.68. The number of rotatable bonds is 6. The summed E-state index contributed by atoms with van der Waals surface area (Å²) in [5.41, 5.74) is 7.34. The van der Waals surface area contributed by atoms with Gasteiger partial charge in [-0.2, -0.15) is 0 Å². The number of carbonyl (C=O) groups excluding carboxylic acids is 2. The maximum atomic E-state index is 12.2. The van der Waals surface area contributed by atoms with Gasteiger partial charge in [-0.05, 0) is 48.7 Å². The number of hydrogen-bond acceptors (Lipinski definition) is 5. The molecule has 6 nitrogen and oxygen atoms in total. The third kappa shape index (κ3) is 5.40. The molecule has 3 rings (SSSR count). The van der Waals surface area contributed by atoms with Crippen LogP contribution < -0.4 is 20.5 Å². The molecule has 0 fully saturated rings. The highest BCUT2D eigenvalue weighted by molar-refractivity contribution is 8.00. The van der Waals surface area contributed by atoms with Crippen LogP contribution in [0.25, 0.3) is 0 Å². The van der Waals surface area contributed by atoms with E-state index in [4.69, 9.17) is 4.74 Å². The van der Waals surface area contributed by atoms with E-state index in [1.54, 1.807) is 7.11 Å². The molecular weight excluding hydrogens is 362 g/mol. The molecule has 0 saturated heterocycles. The summed E-state index contributed by atoms with van der Waals surface area (Å²) in [7, 11) is 1.61. The molecule has 2 aromatic carbocycles. The number of methoxy groups -OCH3 is 1. The molecule has 0 saturated carbocycles. The highest BCUT2D eigenvalue weighted by Gasteiger charge is 2.18. The minimum Gasteiger partial charge on any atom is -0.497 e. The average Bonchev–Trinajstić information content (AvgIpc) is 2.71. The number of ether oxygens (including phenoxy) is 1. The van der Waals surface area contributed by atoms with Crippen LogP contribution in [0.5, 0.6) is 5.75 Å². The zero-order valence-corrected chi connectivity index (χ0v) is 16.1. The number of hydrazine groups is 1. The van der Waals surface area contributed by atoms with E-state index >= 15 is 0 Å². The van der Waals surface area contributed by atoms with Gasteiger partial charge in [0.25, 0.3) is 5.91 Å². The monoisotopic (exact) mass is 385 g/mol. The smallest absolute Gasteiger partial charge is 0.257 e. The van der Waals surface area contributed by atoms with Gasteiger partial charge in [-0.1, -0.05) is 18.2 Å². The maximum Gasteiger partial charge on any atom is 0.257 e. The molecule has 2 aromatic rings. The van der Waals surface area contributed by atoms with Crippen molar-refractivity contribution in [1.82, 2.24) is 10.9 Å². The van der Waals surface area contributed by atoms with E-state index in [1.165, 1.54) is 17.3 Å². The van der Waals surface area contributed by atoms with E-state index in [0.717, 1.165) is 35.7 Å². The van der Waals surface area contributed by atoms with Crippen molar-refractivity contribution in [3.8, 4) is 5.75 Å². The minimum atomic E-state index is -0.247. The predicted molar refractivity (Wildman–Crippen MR) is 107 cm³/mol. The Labute approximate surface area is 163 Å². The van der Waals surface area contributed by atoms with Crippen molar-refractivity contribution in [2.24, 2.45) is 0 Å². The molecule has 7 heteroatoms. The molecule has 1 aliphatic heterocycles. The lowest BCUT2D eigenvalue weighted by Crippen LogP contribution is -2.47. The molecule has 1 heterocycles. The third-order valence-corrected chi connectivity index (χ3v) is 5.32. The van der Waals surface area contributed by atoms with Crippen molar-refractivity contribution in [2.45, 2.75) is 17.7 Å². The van der Waals surface area contributed by atoms with Gasteiger partial charge in [0, 0.05) is 17.1 Å². The lowest BCUT2D eigenvalue weighted by atomic mass is 10.0. The van der Waals surface area contributed by atoms with Crippen molar-refractivity contribution < 1.29 is 14.3 Å². The third-order valence-electron chi connectivity index (χ3n) is 4.31. The molecule has 27 heavy (non-hydrogen) atoms. The molecular formula is C20H23N3O3S. The first kappa shape index (κ1) is 19.1. The van der Waals surface area contributed by atoms with Crippen LogP contribution in [0, 0.1) is 0 Å². The van der Waals surface area contributed by atoms with Gasteiger partial charge in [0.1, 0.15) is 5.75 Å². The number of thioether (sulfide) groups is 1.